The zero-order valence-electron chi connectivity index (χ0n) is 9.53. The van der Waals surface area contributed by atoms with Crippen LogP contribution in [0.2, 0.25) is 0 Å². The highest BCUT2D eigenvalue weighted by atomic mass is 16.1. The molecular formula is C13H17NO. The molecule has 0 aliphatic rings. The van der Waals surface area contributed by atoms with Crippen molar-refractivity contribution in [1.29, 1.82) is 0 Å². The third-order valence-corrected chi connectivity index (χ3v) is 2.09. The molecule has 0 aliphatic heterocycles. The molecule has 0 aromatic heterocycles. The summed E-state index contributed by atoms with van der Waals surface area (Å²) in [4.78, 5) is 13.7. The van der Waals surface area contributed by atoms with Crippen LogP contribution >= 0.6 is 0 Å². The van der Waals surface area contributed by atoms with Gasteiger partial charge < -0.3 is 4.90 Å². The molecule has 15 heavy (non-hydrogen) atoms. The largest absolute Gasteiger partial charge is 0.383 e. The first-order valence-electron chi connectivity index (χ1n) is 5.12. The van der Waals surface area contributed by atoms with Gasteiger partial charge in [0.25, 0.3) is 0 Å². The predicted molar refractivity (Wildman–Crippen MR) is 63.4 cm³/mol. The minimum atomic E-state index is 0.176. The molecule has 80 valence electrons. The molecule has 0 N–H and O–H groups in total. The number of Topliss-reactive ketones (excluding diaryl/α,β-unsaturated/α-hetero) is 1. The van der Waals surface area contributed by atoms with Crippen LogP contribution in [0.15, 0.2) is 36.5 Å². The standard InChI is InChI=1S/C13H17NO/c1-4-13(15)12(10-14(2)3)11-8-6-5-7-9-11/h5-10H,4H2,1-3H3/b12-10+. The van der Waals surface area contributed by atoms with Gasteiger partial charge in [-0.05, 0) is 5.56 Å². The Hall–Kier alpha value is -1.57. The normalized spacial score (nSPS) is 11.3. The van der Waals surface area contributed by atoms with Crippen LogP contribution in [0.5, 0.6) is 0 Å². The Balaban J connectivity index is 3.08. The smallest absolute Gasteiger partial charge is 0.164 e. The lowest BCUT2D eigenvalue weighted by Crippen LogP contribution is -2.08. The molecule has 0 bridgehead atoms. The minimum absolute atomic E-state index is 0.176. The van der Waals surface area contributed by atoms with Crippen LogP contribution in [0.25, 0.3) is 5.57 Å². The fourth-order valence-electron chi connectivity index (χ4n) is 1.37. The number of rotatable bonds is 4. The number of ketones is 1. The lowest BCUT2D eigenvalue weighted by molar-refractivity contribution is -0.113. The van der Waals surface area contributed by atoms with E-state index in [0.29, 0.717) is 6.42 Å². The van der Waals surface area contributed by atoms with Crippen molar-refractivity contribution in [3.05, 3.63) is 42.1 Å². The van der Waals surface area contributed by atoms with Crippen molar-refractivity contribution < 1.29 is 4.79 Å². The van der Waals surface area contributed by atoms with Crippen LogP contribution in [0.4, 0.5) is 0 Å². The van der Waals surface area contributed by atoms with Crippen LogP contribution in [0.3, 0.4) is 0 Å². The van der Waals surface area contributed by atoms with E-state index in [2.05, 4.69) is 0 Å². The van der Waals surface area contributed by atoms with Gasteiger partial charge in [0.1, 0.15) is 0 Å². The van der Waals surface area contributed by atoms with Crippen LogP contribution in [0.1, 0.15) is 18.9 Å². The van der Waals surface area contributed by atoms with Crippen molar-refractivity contribution in [2.24, 2.45) is 0 Å². The highest BCUT2D eigenvalue weighted by molar-refractivity contribution is 6.20. The van der Waals surface area contributed by atoms with Gasteiger partial charge in [-0.1, -0.05) is 37.3 Å². The van der Waals surface area contributed by atoms with E-state index < -0.39 is 0 Å². The molecule has 0 fully saturated rings. The van der Waals surface area contributed by atoms with Gasteiger partial charge >= 0.3 is 0 Å². The number of hydrogen-bond donors (Lipinski definition) is 0. The Morgan fingerprint density at radius 3 is 2.33 bits per heavy atom. The fraction of sp³-hybridized carbons (Fsp3) is 0.308. The third kappa shape index (κ3) is 3.24. The number of benzene rings is 1. The first-order chi connectivity index (χ1) is 7.15. The van der Waals surface area contributed by atoms with E-state index >= 15 is 0 Å². The summed E-state index contributed by atoms with van der Waals surface area (Å²) < 4.78 is 0. The summed E-state index contributed by atoms with van der Waals surface area (Å²) in [6, 6.07) is 9.77. The molecule has 0 atom stereocenters. The highest BCUT2D eigenvalue weighted by Gasteiger charge is 2.09. The molecule has 0 saturated heterocycles. The van der Waals surface area contributed by atoms with Crippen molar-refractivity contribution in [3.63, 3.8) is 0 Å². The highest BCUT2D eigenvalue weighted by Crippen LogP contribution is 2.16. The number of nitrogens with zero attached hydrogens (tertiary/aromatic N) is 1. The quantitative estimate of drug-likeness (QED) is 0.701. The van der Waals surface area contributed by atoms with Gasteiger partial charge in [-0.3, -0.25) is 4.79 Å². The molecule has 0 spiro atoms. The van der Waals surface area contributed by atoms with E-state index in [-0.39, 0.29) is 5.78 Å². The van der Waals surface area contributed by atoms with Gasteiger partial charge in [-0.2, -0.15) is 0 Å². The first kappa shape index (κ1) is 11.5. The molecule has 0 heterocycles. The van der Waals surface area contributed by atoms with Crippen LogP contribution < -0.4 is 0 Å². The van der Waals surface area contributed by atoms with Gasteiger partial charge in [-0.25, -0.2) is 0 Å². The van der Waals surface area contributed by atoms with E-state index in [9.17, 15) is 4.79 Å². The summed E-state index contributed by atoms with van der Waals surface area (Å²) in [6.45, 7) is 1.88. The van der Waals surface area contributed by atoms with Crippen molar-refractivity contribution in [2.75, 3.05) is 14.1 Å². The Labute approximate surface area is 91.2 Å². The average molecular weight is 203 g/mol. The van der Waals surface area contributed by atoms with Crippen molar-refractivity contribution in [2.45, 2.75) is 13.3 Å². The number of carbonyl (C=O) groups excluding carboxylic acids is 1. The predicted octanol–water partition coefficient (Wildman–Crippen LogP) is 2.57. The third-order valence-electron chi connectivity index (χ3n) is 2.09. The zero-order valence-corrected chi connectivity index (χ0v) is 9.53. The second-order valence-electron chi connectivity index (χ2n) is 3.65. The molecule has 0 radical (unpaired) electrons. The molecular weight excluding hydrogens is 186 g/mol. The Kier molecular flexibility index (Phi) is 4.10. The number of hydrogen-bond acceptors (Lipinski definition) is 2. The molecule has 1 aromatic carbocycles. The van der Waals surface area contributed by atoms with E-state index in [1.807, 2.05) is 62.5 Å². The molecule has 0 saturated carbocycles. The van der Waals surface area contributed by atoms with Crippen LogP contribution in [0, 0.1) is 0 Å². The summed E-state index contributed by atoms with van der Waals surface area (Å²) in [6.07, 6.45) is 2.41. The Morgan fingerprint density at radius 2 is 1.87 bits per heavy atom. The fourth-order valence-corrected chi connectivity index (χ4v) is 1.37. The van der Waals surface area contributed by atoms with E-state index in [0.717, 1.165) is 11.1 Å². The van der Waals surface area contributed by atoms with E-state index in [4.69, 9.17) is 0 Å². The molecule has 0 unspecified atom stereocenters. The molecule has 1 aromatic rings. The summed E-state index contributed by atoms with van der Waals surface area (Å²) in [5.74, 6) is 0.176. The van der Waals surface area contributed by atoms with Gasteiger partial charge in [0, 0.05) is 32.3 Å². The lowest BCUT2D eigenvalue weighted by atomic mass is 10.0. The first-order valence-corrected chi connectivity index (χ1v) is 5.12. The van der Waals surface area contributed by atoms with Crippen molar-refractivity contribution >= 4 is 11.4 Å². The number of carbonyl (C=O) groups is 1. The maximum atomic E-state index is 11.8. The Morgan fingerprint density at radius 1 is 1.27 bits per heavy atom. The van der Waals surface area contributed by atoms with Gasteiger partial charge in [0.15, 0.2) is 5.78 Å². The summed E-state index contributed by atoms with van der Waals surface area (Å²) >= 11 is 0. The van der Waals surface area contributed by atoms with Gasteiger partial charge in [-0.15, -0.1) is 0 Å². The topological polar surface area (TPSA) is 20.3 Å². The lowest BCUT2D eigenvalue weighted by Gasteiger charge is -2.10. The SMILES string of the molecule is CCC(=O)/C(=C/N(C)C)c1ccccc1. The van der Waals surface area contributed by atoms with Crippen LogP contribution in [-0.4, -0.2) is 24.8 Å². The number of allylic oxidation sites excluding steroid dienone is 1. The molecule has 2 nitrogen and oxygen atoms in total. The molecule has 0 amide bonds. The zero-order chi connectivity index (χ0) is 11.3. The summed E-state index contributed by atoms with van der Waals surface area (Å²) in [5, 5.41) is 0. The van der Waals surface area contributed by atoms with Gasteiger partial charge in [0.2, 0.25) is 0 Å². The van der Waals surface area contributed by atoms with Crippen molar-refractivity contribution in [1.82, 2.24) is 4.90 Å². The minimum Gasteiger partial charge on any atom is -0.383 e. The summed E-state index contributed by atoms with van der Waals surface area (Å²) in [5.41, 5.74) is 1.76. The van der Waals surface area contributed by atoms with Crippen molar-refractivity contribution in [3.8, 4) is 0 Å². The summed E-state index contributed by atoms with van der Waals surface area (Å²) in [7, 11) is 3.84. The molecule has 2 heteroatoms. The average Bonchev–Trinajstić information content (AvgIpc) is 2.26. The second kappa shape index (κ2) is 5.35. The van der Waals surface area contributed by atoms with Gasteiger partial charge in [0.05, 0.1) is 0 Å². The van der Waals surface area contributed by atoms with E-state index in [1.165, 1.54) is 0 Å². The second-order valence-corrected chi connectivity index (χ2v) is 3.65. The van der Waals surface area contributed by atoms with E-state index in [1.54, 1.807) is 0 Å². The Bertz CT molecular complexity index is 352. The van der Waals surface area contributed by atoms with Crippen LogP contribution in [-0.2, 0) is 4.79 Å². The maximum absolute atomic E-state index is 11.8. The maximum Gasteiger partial charge on any atom is 0.164 e. The monoisotopic (exact) mass is 203 g/mol. The molecule has 1 rings (SSSR count). The molecule has 0 aliphatic carbocycles.